The Morgan fingerprint density at radius 3 is 2.63 bits per heavy atom. The number of ether oxygens (including phenoxy) is 1. The molecule has 1 aliphatic heterocycles. The van der Waals surface area contributed by atoms with Crippen LogP contribution in [0.4, 0.5) is 0 Å². The lowest BCUT2D eigenvalue weighted by Gasteiger charge is -2.19. The van der Waals surface area contributed by atoms with E-state index in [2.05, 4.69) is 11.4 Å². The van der Waals surface area contributed by atoms with Crippen molar-refractivity contribution >= 4 is 17.5 Å². The predicted molar refractivity (Wildman–Crippen MR) is 115 cm³/mol. The van der Waals surface area contributed by atoms with Crippen LogP contribution in [0.5, 0.6) is 0 Å². The number of carbonyl (C=O) groups excluding carboxylic acids is 3. The second kappa shape index (κ2) is 11.5. The van der Waals surface area contributed by atoms with Crippen molar-refractivity contribution in [2.75, 3.05) is 7.11 Å². The van der Waals surface area contributed by atoms with E-state index in [1.807, 2.05) is 13.0 Å². The van der Waals surface area contributed by atoms with Crippen molar-refractivity contribution in [3.63, 3.8) is 0 Å². The van der Waals surface area contributed by atoms with Crippen LogP contribution in [0, 0.1) is 0 Å². The van der Waals surface area contributed by atoms with E-state index in [-0.39, 0.29) is 23.5 Å². The van der Waals surface area contributed by atoms with Gasteiger partial charge in [-0.2, -0.15) is 0 Å². The molecule has 2 rings (SSSR count). The molecule has 0 aromatic heterocycles. The van der Waals surface area contributed by atoms with E-state index in [1.54, 1.807) is 19.1 Å². The first kappa shape index (κ1) is 23.5. The standard InChI is InChI=1S/C24H31NO5/c1-16-10-6-4-5-7-12-18(26)13-9-8-11-17(2)24(29)25-20-15-21(27)23(30-3)19(14-16)22(20)28/h8-11,15,18,26H,4-7,12-14H2,1-3H3,(H,25,29)/b9-8-,16-10+,17-11-. The summed E-state index contributed by atoms with van der Waals surface area (Å²) in [5.74, 6) is -1.27. The number of ketones is 2. The number of Topliss-reactive ketones (excluding diaryl/α,β-unsaturated/α-hetero) is 1. The van der Waals surface area contributed by atoms with Gasteiger partial charge >= 0.3 is 0 Å². The summed E-state index contributed by atoms with van der Waals surface area (Å²) in [5.41, 5.74) is 1.57. The van der Waals surface area contributed by atoms with Crippen LogP contribution in [0.3, 0.4) is 0 Å². The summed E-state index contributed by atoms with van der Waals surface area (Å²) in [7, 11) is 1.37. The molecule has 2 bridgehead atoms. The zero-order valence-electron chi connectivity index (χ0n) is 18.0. The molecule has 1 heterocycles. The third-order valence-corrected chi connectivity index (χ3v) is 5.18. The fourth-order valence-corrected chi connectivity index (χ4v) is 3.42. The Morgan fingerprint density at radius 2 is 1.90 bits per heavy atom. The molecule has 0 aromatic rings. The Hall–Kier alpha value is -2.73. The minimum atomic E-state index is -0.460. The summed E-state index contributed by atoms with van der Waals surface area (Å²) < 4.78 is 5.20. The topological polar surface area (TPSA) is 92.7 Å². The number of carbonyl (C=O) groups is 3. The lowest BCUT2D eigenvalue weighted by Crippen LogP contribution is -2.33. The maximum Gasteiger partial charge on any atom is 0.251 e. The third-order valence-electron chi connectivity index (χ3n) is 5.18. The Balaban J connectivity index is 2.31. The largest absolute Gasteiger partial charge is 0.492 e. The van der Waals surface area contributed by atoms with Gasteiger partial charge in [0.2, 0.25) is 11.6 Å². The van der Waals surface area contributed by atoms with Gasteiger partial charge in [-0.15, -0.1) is 0 Å². The summed E-state index contributed by atoms with van der Waals surface area (Å²) >= 11 is 0. The molecule has 1 unspecified atom stereocenters. The average molecular weight is 414 g/mol. The van der Waals surface area contributed by atoms with Gasteiger partial charge in [0.25, 0.3) is 5.91 Å². The number of amides is 1. The highest BCUT2D eigenvalue weighted by molar-refractivity contribution is 6.23. The van der Waals surface area contributed by atoms with Crippen molar-refractivity contribution in [1.29, 1.82) is 0 Å². The molecule has 0 radical (unpaired) electrons. The smallest absolute Gasteiger partial charge is 0.251 e. The van der Waals surface area contributed by atoms with Crippen LogP contribution in [0.15, 0.2) is 58.6 Å². The van der Waals surface area contributed by atoms with Crippen molar-refractivity contribution in [1.82, 2.24) is 5.32 Å². The molecule has 1 atom stereocenters. The van der Waals surface area contributed by atoms with Crippen LogP contribution in [-0.4, -0.2) is 35.8 Å². The van der Waals surface area contributed by atoms with Crippen LogP contribution < -0.4 is 5.32 Å². The molecule has 162 valence electrons. The molecule has 2 aliphatic rings. The zero-order valence-corrected chi connectivity index (χ0v) is 18.0. The maximum atomic E-state index is 13.0. The fourth-order valence-electron chi connectivity index (χ4n) is 3.42. The molecule has 0 saturated carbocycles. The molecular formula is C24H31NO5. The molecule has 30 heavy (non-hydrogen) atoms. The van der Waals surface area contributed by atoms with Gasteiger partial charge in [-0.3, -0.25) is 14.4 Å². The van der Waals surface area contributed by atoms with Crippen LogP contribution in [0.25, 0.3) is 0 Å². The van der Waals surface area contributed by atoms with Gasteiger partial charge in [0.15, 0.2) is 5.76 Å². The van der Waals surface area contributed by atoms with Crippen molar-refractivity contribution in [2.24, 2.45) is 0 Å². The first-order chi connectivity index (χ1) is 14.3. The number of aliphatic hydroxyl groups excluding tert-OH is 1. The second-order valence-electron chi connectivity index (χ2n) is 7.75. The number of allylic oxidation sites excluding steroid dienone is 6. The quantitative estimate of drug-likeness (QED) is 0.506. The number of nitrogens with one attached hydrogen (secondary N) is 1. The Labute approximate surface area is 178 Å². The normalized spacial score (nSPS) is 27.4. The summed E-state index contributed by atoms with van der Waals surface area (Å²) in [6.07, 6.45) is 13.3. The summed E-state index contributed by atoms with van der Waals surface area (Å²) in [4.78, 5) is 37.9. The van der Waals surface area contributed by atoms with Gasteiger partial charge in [-0.25, -0.2) is 0 Å². The number of hydrogen-bond donors (Lipinski definition) is 2. The molecule has 0 fully saturated rings. The Kier molecular flexibility index (Phi) is 8.99. The zero-order chi connectivity index (χ0) is 22.1. The van der Waals surface area contributed by atoms with Gasteiger partial charge in [0.1, 0.15) is 0 Å². The van der Waals surface area contributed by atoms with E-state index in [1.165, 1.54) is 7.11 Å². The molecule has 6 nitrogen and oxygen atoms in total. The minimum Gasteiger partial charge on any atom is -0.492 e. The van der Waals surface area contributed by atoms with Crippen molar-refractivity contribution in [2.45, 2.75) is 64.9 Å². The molecule has 1 amide bonds. The monoisotopic (exact) mass is 413 g/mol. The lowest BCUT2D eigenvalue weighted by atomic mass is 9.92. The van der Waals surface area contributed by atoms with Crippen molar-refractivity contribution in [3.05, 3.63) is 58.6 Å². The number of methoxy groups -OCH3 is 1. The molecule has 6 heteroatoms. The summed E-state index contributed by atoms with van der Waals surface area (Å²) in [6, 6.07) is 0. The predicted octanol–water partition coefficient (Wildman–Crippen LogP) is 3.59. The maximum absolute atomic E-state index is 13.0. The lowest BCUT2D eigenvalue weighted by molar-refractivity contribution is -0.120. The molecule has 1 aliphatic carbocycles. The highest BCUT2D eigenvalue weighted by Gasteiger charge is 2.30. The Bertz CT molecular complexity index is 842. The van der Waals surface area contributed by atoms with Crippen LogP contribution in [0.1, 0.15) is 58.8 Å². The van der Waals surface area contributed by atoms with Gasteiger partial charge in [0.05, 0.1) is 24.5 Å². The number of aliphatic hydroxyl groups is 1. The van der Waals surface area contributed by atoms with E-state index in [9.17, 15) is 19.5 Å². The third kappa shape index (κ3) is 6.66. The van der Waals surface area contributed by atoms with E-state index in [0.717, 1.165) is 43.8 Å². The second-order valence-corrected chi connectivity index (χ2v) is 7.75. The van der Waals surface area contributed by atoms with Gasteiger partial charge in [-0.1, -0.05) is 42.7 Å². The van der Waals surface area contributed by atoms with Gasteiger partial charge < -0.3 is 15.2 Å². The number of fused-ring (bicyclic) bond motifs is 2. The molecule has 0 saturated heterocycles. The highest BCUT2D eigenvalue weighted by Crippen LogP contribution is 2.25. The first-order valence-electron chi connectivity index (χ1n) is 10.4. The Morgan fingerprint density at radius 1 is 1.13 bits per heavy atom. The van der Waals surface area contributed by atoms with Crippen LogP contribution in [0.2, 0.25) is 0 Å². The fraction of sp³-hybridized carbons (Fsp3) is 0.458. The minimum absolute atomic E-state index is 0.0285. The van der Waals surface area contributed by atoms with E-state index in [4.69, 9.17) is 4.74 Å². The van der Waals surface area contributed by atoms with Crippen LogP contribution in [-0.2, 0) is 19.1 Å². The average Bonchev–Trinajstić information content (AvgIpc) is 2.70. The number of rotatable bonds is 1. The molecular weight excluding hydrogens is 382 g/mol. The van der Waals surface area contributed by atoms with Crippen molar-refractivity contribution in [3.8, 4) is 0 Å². The SMILES string of the molecule is COC1=C2C/C(C)=C/CCCCCC(O)C/C=C\C=C(\C)C(=O)NC(=CC1=O)C2=O. The molecule has 2 N–H and O–H groups in total. The van der Waals surface area contributed by atoms with E-state index >= 15 is 0 Å². The first-order valence-corrected chi connectivity index (χ1v) is 10.4. The van der Waals surface area contributed by atoms with Gasteiger partial charge in [0, 0.05) is 18.1 Å². The van der Waals surface area contributed by atoms with Crippen molar-refractivity contribution < 1.29 is 24.2 Å². The van der Waals surface area contributed by atoms with Gasteiger partial charge in [-0.05, 0) is 39.5 Å². The number of hydrogen-bond acceptors (Lipinski definition) is 5. The van der Waals surface area contributed by atoms with Crippen LogP contribution >= 0.6 is 0 Å². The van der Waals surface area contributed by atoms with E-state index in [0.29, 0.717) is 12.0 Å². The molecule has 0 aromatic carbocycles. The highest BCUT2D eigenvalue weighted by atomic mass is 16.5. The summed E-state index contributed by atoms with van der Waals surface area (Å²) in [6.45, 7) is 3.54. The molecule has 0 spiro atoms. The van der Waals surface area contributed by atoms with E-state index < -0.39 is 23.6 Å². The summed E-state index contributed by atoms with van der Waals surface area (Å²) in [5, 5.41) is 12.6.